The first-order valence-electron chi connectivity index (χ1n) is 8.13. The Labute approximate surface area is 134 Å². The lowest BCUT2D eigenvalue weighted by Gasteiger charge is -2.39. The number of carbonyl (C=O) groups is 1. The molecule has 1 aromatic heterocycles. The Balaban J connectivity index is 1.27. The second-order valence-corrected chi connectivity index (χ2v) is 6.44. The molecule has 1 aromatic carbocycles. The van der Waals surface area contributed by atoms with Crippen LogP contribution in [-0.2, 0) is 11.2 Å². The summed E-state index contributed by atoms with van der Waals surface area (Å²) in [6, 6.07) is 6.85. The Kier molecular flexibility index (Phi) is 3.59. The van der Waals surface area contributed by atoms with Crippen molar-refractivity contribution in [2.24, 2.45) is 0 Å². The molecule has 0 spiro atoms. The van der Waals surface area contributed by atoms with Crippen LogP contribution in [0.15, 0.2) is 30.5 Å². The average molecular weight is 314 g/mol. The molecular weight excluding hydrogens is 295 g/mol. The minimum absolute atomic E-state index is 0.0760. The number of aryl methyl sites for hydroxylation is 1. The van der Waals surface area contributed by atoms with Gasteiger partial charge in [-0.05, 0) is 30.9 Å². The molecule has 0 atom stereocenters. The second-order valence-electron chi connectivity index (χ2n) is 6.44. The molecule has 1 aliphatic carbocycles. The number of amides is 1. The summed E-state index contributed by atoms with van der Waals surface area (Å²) in [5.41, 5.74) is 1.68. The van der Waals surface area contributed by atoms with E-state index in [1.165, 1.54) is 18.9 Å². The molecule has 1 aliphatic heterocycles. The zero-order chi connectivity index (χ0) is 15.8. The van der Waals surface area contributed by atoms with Crippen LogP contribution in [0.25, 0.3) is 0 Å². The molecule has 120 valence electrons. The SMILES string of the molecule is O=C(CCc1ccccc1F)N1CC(n2cc(C3CC3)nn2)C1. The van der Waals surface area contributed by atoms with E-state index in [1.807, 2.05) is 15.8 Å². The largest absolute Gasteiger partial charge is 0.338 e. The summed E-state index contributed by atoms with van der Waals surface area (Å²) in [4.78, 5) is 14.0. The third kappa shape index (κ3) is 2.98. The molecule has 2 aromatic rings. The number of nitrogens with zero attached hydrogens (tertiary/aromatic N) is 4. The van der Waals surface area contributed by atoms with Gasteiger partial charge in [0.15, 0.2) is 0 Å². The van der Waals surface area contributed by atoms with Crippen LogP contribution >= 0.6 is 0 Å². The molecule has 0 unspecified atom stereocenters. The van der Waals surface area contributed by atoms with Crippen molar-refractivity contribution >= 4 is 5.91 Å². The third-order valence-electron chi connectivity index (χ3n) is 4.68. The topological polar surface area (TPSA) is 51.0 Å². The molecule has 2 fully saturated rings. The van der Waals surface area contributed by atoms with Crippen LogP contribution in [0.3, 0.4) is 0 Å². The van der Waals surface area contributed by atoms with Crippen LogP contribution in [0, 0.1) is 5.82 Å². The minimum atomic E-state index is -0.239. The first-order chi connectivity index (χ1) is 11.2. The van der Waals surface area contributed by atoms with E-state index in [-0.39, 0.29) is 17.8 Å². The van der Waals surface area contributed by atoms with Crippen molar-refractivity contribution in [3.8, 4) is 0 Å². The molecule has 0 N–H and O–H groups in total. The molecule has 1 saturated heterocycles. The van der Waals surface area contributed by atoms with E-state index in [9.17, 15) is 9.18 Å². The lowest BCUT2D eigenvalue weighted by atomic mass is 10.1. The number of benzene rings is 1. The van der Waals surface area contributed by atoms with Crippen LogP contribution in [0.1, 0.15) is 42.5 Å². The number of carbonyl (C=O) groups excluding carboxylic acids is 1. The Morgan fingerprint density at radius 2 is 2.04 bits per heavy atom. The summed E-state index contributed by atoms with van der Waals surface area (Å²) >= 11 is 0. The average Bonchev–Trinajstić information content (AvgIpc) is 3.24. The van der Waals surface area contributed by atoms with Crippen molar-refractivity contribution in [1.29, 1.82) is 0 Å². The van der Waals surface area contributed by atoms with Gasteiger partial charge in [0.2, 0.25) is 5.91 Å². The Morgan fingerprint density at radius 1 is 1.26 bits per heavy atom. The summed E-state index contributed by atoms with van der Waals surface area (Å²) in [6.07, 6.45) is 5.23. The van der Waals surface area contributed by atoms with Crippen molar-refractivity contribution < 1.29 is 9.18 Å². The number of halogens is 1. The first-order valence-corrected chi connectivity index (χ1v) is 8.13. The van der Waals surface area contributed by atoms with Gasteiger partial charge in [-0.1, -0.05) is 23.4 Å². The molecule has 2 aliphatic rings. The van der Waals surface area contributed by atoms with Crippen LogP contribution < -0.4 is 0 Å². The minimum Gasteiger partial charge on any atom is -0.338 e. The fourth-order valence-corrected chi connectivity index (χ4v) is 2.96. The van der Waals surface area contributed by atoms with Gasteiger partial charge in [-0.15, -0.1) is 5.10 Å². The van der Waals surface area contributed by atoms with Gasteiger partial charge < -0.3 is 4.90 Å². The standard InChI is InChI=1S/C17H19FN4O/c18-15-4-2-1-3-12(15)7-8-17(23)21-9-14(10-21)22-11-16(19-20-22)13-5-6-13/h1-4,11,13-14H,5-10H2. The number of rotatable bonds is 5. The van der Waals surface area contributed by atoms with E-state index in [0.29, 0.717) is 37.4 Å². The van der Waals surface area contributed by atoms with Crippen molar-refractivity contribution in [2.75, 3.05) is 13.1 Å². The summed E-state index contributed by atoms with van der Waals surface area (Å²) in [5.74, 6) is 0.436. The highest BCUT2D eigenvalue weighted by Crippen LogP contribution is 2.39. The van der Waals surface area contributed by atoms with Gasteiger partial charge in [-0.25, -0.2) is 9.07 Å². The summed E-state index contributed by atoms with van der Waals surface area (Å²) in [5, 5.41) is 8.38. The molecule has 0 radical (unpaired) electrons. The van der Waals surface area contributed by atoms with Crippen molar-refractivity contribution in [3.05, 3.63) is 47.5 Å². The molecule has 1 amide bonds. The normalized spacial score (nSPS) is 18.0. The Morgan fingerprint density at radius 3 is 2.78 bits per heavy atom. The molecule has 4 rings (SSSR count). The zero-order valence-electron chi connectivity index (χ0n) is 12.9. The van der Waals surface area contributed by atoms with E-state index >= 15 is 0 Å². The van der Waals surface area contributed by atoms with Crippen LogP contribution in [-0.4, -0.2) is 38.9 Å². The van der Waals surface area contributed by atoms with E-state index in [4.69, 9.17) is 0 Å². The van der Waals surface area contributed by atoms with Crippen molar-refractivity contribution in [1.82, 2.24) is 19.9 Å². The van der Waals surface area contributed by atoms with Gasteiger partial charge in [0, 0.05) is 31.6 Å². The van der Waals surface area contributed by atoms with E-state index in [1.54, 1.807) is 18.2 Å². The summed E-state index contributed by atoms with van der Waals surface area (Å²) in [7, 11) is 0. The number of hydrogen-bond donors (Lipinski definition) is 0. The molecule has 0 bridgehead atoms. The number of aromatic nitrogens is 3. The maximum absolute atomic E-state index is 13.5. The molecular formula is C17H19FN4O. The van der Waals surface area contributed by atoms with Gasteiger partial charge in [0.25, 0.3) is 0 Å². The Hall–Kier alpha value is -2.24. The predicted molar refractivity (Wildman–Crippen MR) is 82.3 cm³/mol. The summed E-state index contributed by atoms with van der Waals surface area (Å²) < 4.78 is 15.4. The smallest absolute Gasteiger partial charge is 0.223 e. The van der Waals surface area contributed by atoms with E-state index in [0.717, 1.165) is 5.69 Å². The van der Waals surface area contributed by atoms with Gasteiger partial charge in [0.05, 0.1) is 11.7 Å². The quantitative estimate of drug-likeness (QED) is 0.851. The number of likely N-dealkylation sites (tertiary alicyclic amines) is 1. The third-order valence-corrected chi connectivity index (χ3v) is 4.68. The first kappa shape index (κ1) is 14.4. The van der Waals surface area contributed by atoms with E-state index < -0.39 is 0 Å². The highest BCUT2D eigenvalue weighted by atomic mass is 19.1. The predicted octanol–water partition coefficient (Wildman–Crippen LogP) is 2.31. The summed E-state index contributed by atoms with van der Waals surface area (Å²) in [6.45, 7) is 1.34. The molecule has 23 heavy (non-hydrogen) atoms. The van der Waals surface area contributed by atoms with Gasteiger partial charge in [-0.2, -0.15) is 0 Å². The lowest BCUT2D eigenvalue weighted by molar-refractivity contribution is -0.137. The van der Waals surface area contributed by atoms with Crippen molar-refractivity contribution in [3.63, 3.8) is 0 Å². The van der Waals surface area contributed by atoms with Crippen LogP contribution in [0.5, 0.6) is 0 Å². The van der Waals surface area contributed by atoms with Gasteiger partial charge >= 0.3 is 0 Å². The molecule has 2 heterocycles. The molecule has 1 saturated carbocycles. The zero-order valence-corrected chi connectivity index (χ0v) is 12.9. The number of hydrogen-bond acceptors (Lipinski definition) is 3. The maximum Gasteiger partial charge on any atom is 0.223 e. The highest BCUT2D eigenvalue weighted by molar-refractivity contribution is 5.77. The second kappa shape index (κ2) is 5.76. The van der Waals surface area contributed by atoms with Gasteiger partial charge in [-0.3, -0.25) is 4.79 Å². The fourth-order valence-electron chi connectivity index (χ4n) is 2.96. The fraction of sp³-hybridized carbons (Fsp3) is 0.471. The van der Waals surface area contributed by atoms with Crippen molar-refractivity contribution in [2.45, 2.75) is 37.6 Å². The van der Waals surface area contributed by atoms with E-state index in [2.05, 4.69) is 10.3 Å². The maximum atomic E-state index is 13.5. The van der Waals surface area contributed by atoms with Gasteiger partial charge in [0.1, 0.15) is 5.82 Å². The highest BCUT2D eigenvalue weighted by Gasteiger charge is 2.34. The molecule has 5 nitrogen and oxygen atoms in total. The Bertz CT molecular complexity index is 719. The van der Waals surface area contributed by atoms with Crippen LogP contribution in [0.4, 0.5) is 4.39 Å². The molecule has 6 heteroatoms. The van der Waals surface area contributed by atoms with Crippen LogP contribution in [0.2, 0.25) is 0 Å². The monoisotopic (exact) mass is 314 g/mol. The lowest BCUT2D eigenvalue weighted by Crippen LogP contribution is -2.51.